The molecular formula is C14H27NO3. The lowest BCUT2D eigenvalue weighted by molar-refractivity contribution is -0.144. The van der Waals surface area contributed by atoms with Crippen molar-refractivity contribution < 1.29 is 14.7 Å². The highest BCUT2D eigenvalue weighted by Gasteiger charge is 2.32. The maximum absolute atomic E-state index is 11.7. The molecule has 4 heteroatoms. The first kappa shape index (κ1) is 16.9. The summed E-state index contributed by atoms with van der Waals surface area (Å²) in [6.07, 6.45) is 5.81. The molecule has 0 saturated carbocycles. The van der Waals surface area contributed by atoms with Gasteiger partial charge in [0.1, 0.15) is 6.04 Å². The van der Waals surface area contributed by atoms with Crippen LogP contribution >= 0.6 is 0 Å². The van der Waals surface area contributed by atoms with Gasteiger partial charge < -0.3 is 10.4 Å². The Labute approximate surface area is 110 Å². The number of hydrogen-bond donors (Lipinski definition) is 2. The van der Waals surface area contributed by atoms with Crippen molar-refractivity contribution in [2.24, 2.45) is 5.41 Å². The number of aliphatic carboxylic acids is 1. The number of nitrogens with one attached hydrogen (secondary N) is 1. The smallest absolute Gasteiger partial charge is 0.326 e. The molecule has 0 aromatic heterocycles. The molecule has 0 spiro atoms. The Hall–Kier alpha value is -1.06. The third-order valence-corrected chi connectivity index (χ3v) is 2.93. The van der Waals surface area contributed by atoms with Crippen LogP contribution < -0.4 is 5.32 Å². The fourth-order valence-electron chi connectivity index (χ4n) is 1.77. The average molecular weight is 257 g/mol. The topological polar surface area (TPSA) is 66.4 Å². The summed E-state index contributed by atoms with van der Waals surface area (Å²) in [7, 11) is 0. The number of amides is 1. The van der Waals surface area contributed by atoms with Crippen molar-refractivity contribution in [3.05, 3.63) is 0 Å². The fourth-order valence-corrected chi connectivity index (χ4v) is 1.77. The van der Waals surface area contributed by atoms with Crippen LogP contribution in [0.5, 0.6) is 0 Å². The molecule has 0 fully saturated rings. The Kier molecular flexibility index (Phi) is 7.64. The zero-order valence-electron chi connectivity index (χ0n) is 12.1. The minimum absolute atomic E-state index is 0.158. The summed E-state index contributed by atoms with van der Waals surface area (Å²) < 4.78 is 0. The maximum Gasteiger partial charge on any atom is 0.326 e. The van der Waals surface area contributed by atoms with Gasteiger partial charge in [-0.05, 0) is 11.8 Å². The van der Waals surface area contributed by atoms with E-state index in [1.807, 2.05) is 20.8 Å². The first-order chi connectivity index (χ1) is 8.29. The normalized spacial score (nSPS) is 13.1. The first-order valence-electron chi connectivity index (χ1n) is 6.81. The van der Waals surface area contributed by atoms with Gasteiger partial charge in [0.05, 0.1) is 0 Å². The van der Waals surface area contributed by atoms with Gasteiger partial charge in [-0.15, -0.1) is 0 Å². The van der Waals surface area contributed by atoms with E-state index >= 15 is 0 Å². The molecule has 1 amide bonds. The average Bonchev–Trinajstić information content (AvgIpc) is 2.23. The minimum Gasteiger partial charge on any atom is -0.480 e. The van der Waals surface area contributed by atoms with Crippen molar-refractivity contribution >= 4 is 11.9 Å². The van der Waals surface area contributed by atoms with Gasteiger partial charge in [-0.3, -0.25) is 4.79 Å². The Morgan fingerprint density at radius 3 is 2.11 bits per heavy atom. The summed E-state index contributed by atoms with van der Waals surface area (Å²) in [5.41, 5.74) is -0.469. The van der Waals surface area contributed by atoms with Crippen molar-refractivity contribution in [3.63, 3.8) is 0 Å². The molecule has 2 N–H and O–H groups in total. The van der Waals surface area contributed by atoms with Crippen molar-refractivity contribution in [1.29, 1.82) is 0 Å². The van der Waals surface area contributed by atoms with Gasteiger partial charge in [-0.25, -0.2) is 4.79 Å². The Morgan fingerprint density at radius 1 is 1.11 bits per heavy atom. The van der Waals surface area contributed by atoms with E-state index in [1.54, 1.807) is 0 Å². The third kappa shape index (κ3) is 7.30. The third-order valence-electron chi connectivity index (χ3n) is 2.93. The highest BCUT2D eigenvalue weighted by Crippen LogP contribution is 2.19. The predicted octanol–water partition coefficient (Wildman–Crippen LogP) is 2.96. The van der Waals surface area contributed by atoms with Crippen LogP contribution in [0.25, 0.3) is 0 Å². The number of hydrogen-bond acceptors (Lipinski definition) is 2. The van der Waals surface area contributed by atoms with Gasteiger partial charge in [0.2, 0.25) is 5.91 Å². The van der Waals surface area contributed by atoms with Crippen molar-refractivity contribution in [3.8, 4) is 0 Å². The van der Waals surface area contributed by atoms with Crippen LogP contribution in [-0.2, 0) is 9.59 Å². The van der Waals surface area contributed by atoms with Crippen LogP contribution in [0.15, 0.2) is 0 Å². The van der Waals surface area contributed by atoms with Crippen LogP contribution in [-0.4, -0.2) is 23.0 Å². The molecule has 0 rings (SSSR count). The van der Waals surface area contributed by atoms with Gasteiger partial charge in [-0.1, -0.05) is 53.4 Å². The van der Waals surface area contributed by atoms with E-state index < -0.39 is 17.4 Å². The monoisotopic (exact) mass is 257 g/mol. The molecule has 1 unspecified atom stereocenters. The Morgan fingerprint density at radius 2 is 1.67 bits per heavy atom. The zero-order chi connectivity index (χ0) is 14.2. The lowest BCUT2D eigenvalue weighted by Crippen LogP contribution is -2.49. The molecule has 0 saturated heterocycles. The summed E-state index contributed by atoms with van der Waals surface area (Å²) in [5, 5.41) is 11.7. The molecule has 4 nitrogen and oxygen atoms in total. The van der Waals surface area contributed by atoms with Crippen LogP contribution in [0.4, 0.5) is 0 Å². The molecule has 0 heterocycles. The van der Waals surface area contributed by atoms with Crippen LogP contribution in [0, 0.1) is 5.41 Å². The molecule has 106 valence electrons. The lowest BCUT2D eigenvalue weighted by Gasteiger charge is -2.27. The fraction of sp³-hybridized carbons (Fsp3) is 0.857. The SMILES string of the molecule is CCCCCCCC(=O)NC(C(=O)O)C(C)(C)C. The number of carboxylic acid groups (broad SMARTS) is 1. The van der Waals surface area contributed by atoms with Crippen molar-refractivity contribution in [1.82, 2.24) is 5.32 Å². The quantitative estimate of drug-likeness (QED) is 0.657. The molecule has 18 heavy (non-hydrogen) atoms. The number of rotatable bonds is 8. The van der Waals surface area contributed by atoms with E-state index in [1.165, 1.54) is 12.8 Å². The molecule has 0 aromatic carbocycles. The number of carboxylic acids is 1. The Bertz CT molecular complexity index is 269. The van der Waals surface area contributed by atoms with E-state index in [-0.39, 0.29) is 5.91 Å². The van der Waals surface area contributed by atoms with Gasteiger partial charge in [0.15, 0.2) is 0 Å². The largest absolute Gasteiger partial charge is 0.480 e. The summed E-state index contributed by atoms with van der Waals surface area (Å²) >= 11 is 0. The second-order valence-corrected chi connectivity index (χ2v) is 5.87. The van der Waals surface area contributed by atoms with Crippen molar-refractivity contribution in [2.75, 3.05) is 0 Å². The summed E-state index contributed by atoms with van der Waals surface area (Å²) in [6.45, 7) is 7.58. The standard InChI is InChI=1S/C14H27NO3/c1-5-6-7-8-9-10-11(16)15-12(13(17)18)14(2,3)4/h12H,5-10H2,1-4H3,(H,15,16)(H,17,18). The molecule has 0 bridgehead atoms. The predicted molar refractivity (Wildman–Crippen MR) is 72.4 cm³/mol. The first-order valence-corrected chi connectivity index (χ1v) is 6.81. The van der Waals surface area contributed by atoms with Crippen molar-refractivity contribution in [2.45, 2.75) is 72.3 Å². The molecule has 0 aliphatic heterocycles. The van der Waals surface area contributed by atoms with E-state index in [2.05, 4.69) is 12.2 Å². The highest BCUT2D eigenvalue weighted by atomic mass is 16.4. The molecule has 0 aliphatic carbocycles. The second kappa shape index (κ2) is 8.11. The minimum atomic E-state index is -0.971. The van der Waals surface area contributed by atoms with Gasteiger partial charge in [0, 0.05) is 6.42 Å². The molecular weight excluding hydrogens is 230 g/mol. The number of carbonyl (C=O) groups excluding carboxylic acids is 1. The molecule has 0 aliphatic rings. The summed E-state index contributed by atoms with van der Waals surface area (Å²) in [5.74, 6) is -1.13. The van der Waals surface area contributed by atoms with E-state index in [9.17, 15) is 9.59 Å². The number of unbranched alkanes of at least 4 members (excludes halogenated alkanes) is 4. The molecule has 0 aromatic rings. The van der Waals surface area contributed by atoms with E-state index in [0.29, 0.717) is 6.42 Å². The number of carbonyl (C=O) groups is 2. The van der Waals surface area contributed by atoms with Crippen LogP contribution in [0.1, 0.15) is 66.2 Å². The Balaban J connectivity index is 4.01. The molecule has 0 radical (unpaired) electrons. The summed E-state index contributed by atoms with van der Waals surface area (Å²) in [4.78, 5) is 22.7. The van der Waals surface area contributed by atoms with Gasteiger partial charge >= 0.3 is 5.97 Å². The molecule has 1 atom stereocenters. The van der Waals surface area contributed by atoms with E-state index in [0.717, 1.165) is 19.3 Å². The lowest BCUT2D eigenvalue weighted by atomic mass is 9.86. The van der Waals surface area contributed by atoms with Crippen LogP contribution in [0.3, 0.4) is 0 Å². The maximum atomic E-state index is 11.7. The van der Waals surface area contributed by atoms with E-state index in [4.69, 9.17) is 5.11 Å². The zero-order valence-corrected chi connectivity index (χ0v) is 12.1. The highest BCUT2D eigenvalue weighted by molar-refractivity contribution is 5.84. The summed E-state index contributed by atoms with van der Waals surface area (Å²) in [6, 6.07) is -0.819. The van der Waals surface area contributed by atoms with Gasteiger partial charge in [0.25, 0.3) is 0 Å². The van der Waals surface area contributed by atoms with Crippen LogP contribution in [0.2, 0.25) is 0 Å². The second-order valence-electron chi connectivity index (χ2n) is 5.87. The van der Waals surface area contributed by atoms with Gasteiger partial charge in [-0.2, -0.15) is 0 Å².